The maximum absolute atomic E-state index is 6.18. The molecule has 0 aliphatic carbocycles. The lowest BCUT2D eigenvalue weighted by atomic mass is 10.1. The lowest BCUT2D eigenvalue weighted by Crippen LogP contribution is -2.53. The predicted molar refractivity (Wildman–Crippen MR) is 127 cm³/mol. The minimum absolute atomic E-state index is 0. The van der Waals surface area contributed by atoms with Crippen molar-refractivity contribution in [3.05, 3.63) is 44.9 Å². The van der Waals surface area contributed by atoms with Crippen LogP contribution in [0.25, 0.3) is 0 Å². The molecule has 8 heteroatoms. The summed E-state index contributed by atoms with van der Waals surface area (Å²) in [5.41, 5.74) is 3.65. The van der Waals surface area contributed by atoms with Gasteiger partial charge in [-0.25, -0.2) is 4.98 Å². The van der Waals surface area contributed by atoms with Gasteiger partial charge in [-0.05, 0) is 31.5 Å². The van der Waals surface area contributed by atoms with E-state index >= 15 is 0 Å². The van der Waals surface area contributed by atoms with Crippen LogP contribution in [0.3, 0.4) is 0 Å². The number of aryl methyl sites for hydroxylation is 2. The number of benzene rings is 1. The molecule has 1 saturated heterocycles. The summed E-state index contributed by atoms with van der Waals surface area (Å²) in [6.07, 6.45) is 0.922. The van der Waals surface area contributed by atoms with Crippen molar-refractivity contribution < 1.29 is 0 Å². The second-order valence-corrected chi connectivity index (χ2v) is 7.99. The maximum atomic E-state index is 6.18. The summed E-state index contributed by atoms with van der Waals surface area (Å²) in [7, 11) is 1.85. The van der Waals surface area contributed by atoms with E-state index in [1.165, 1.54) is 11.3 Å². The summed E-state index contributed by atoms with van der Waals surface area (Å²) >= 11 is 7.88. The van der Waals surface area contributed by atoms with Crippen LogP contribution in [0.1, 0.15) is 16.3 Å². The molecule has 2 heterocycles. The highest BCUT2D eigenvalue weighted by molar-refractivity contribution is 14.0. The van der Waals surface area contributed by atoms with Crippen molar-refractivity contribution in [3.8, 4) is 0 Å². The van der Waals surface area contributed by atoms with Gasteiger partial charge in [-0.1, -0.05) is 17.7 Å². The first-order valence-electron chi connectivity index (χ1n) is 8.94. The molecule has 0 bridgehead atoms. The fourth-order valence-corrected chi connectivity index (χ4v) is 4.05. The number of thiazole rings is 1. The number of nitrogens with zero attached hydrogens (tertiary/aromatic N) is 4. The highest BCUT2D eigenvalue weighted by Gasteiger charge is 2.20. The molecule has 0 saturated carbocycles. The summed E-state index contributed by atoms with van der Waals surface area (Å²) in [6, 6.07) is 6.10. The number of halogens is 2. The van der Waals surface area contributed by atoms with Crippen LogP contribution in [0.5, 0.6) is 0 Å². The number of anilines is 1. The van der Waals surface area contributed by atoms with Crippen LogP contribution in [0.2, 0.25) is 5.02 Å². The fourth-order valence-electron chi connectivity index (χ4n) is 3.24. The number of guanidine groups is 1. The topological polar surface area (TPSA) is 43.8 Å². The first-order valence-corrected chi connectivity index (χ1v) is 10.2. The molecule has 2 aromatic rings. The molecular formula is C19H27ClIN5S. The monoisotopic (exact) mass is 519 g/mol. The molecule has 0 radical (unpaired) electrons. The van der Waals surface area contributed by atoms with E-state index in [-0.39, 0.29) is 24.0 Å². The van der Waals surface area contributed by atoms with E-state index in [9.17, 15) is 0 Å². The Balaban J connectivity index is 0.00000261. The Bertz CT molecular complexity index is 771. The van der Waals surface area contributed by atoms with Crippen LogP contribution >= 0.6 is 46.9 Å². The van der Waals surface area contributed by atoms with Crippen molar-refractivity contribution in [2.45, 2.75) is 20.3 Å². The first-order chi connectivity index (χ1) is 12.6. The molecule has 0 amide bonds. The van der Waals surface area contributed by atoms with Crippen molar-refractivity contribution in [1.29, 1.82) is 0 Å². The van der Waals surface area contributed by atoms with Crippen LogP contribution < -0.4 is 10.2 Å². The highest BCUT2D eigenvalue weighted by Crippen LogP contribution is 2.25. The lowest BCUT2D eigenvalue weighted by Gasteiger charge is -2.38. The van der Waals surface area contributed by atoms with Crippen LogP contribution in [-0.4, -0.2) is 55.6 Å². The first kappa shape index (κ1) is 22.2. The molecule has 5 nitrogen and oxygen atoms in total. The minimum Gasteiger partial charge on any atom is -0.368 e. The molecule has 1 aromatic heterocycles. The molecule has 1 aromatic carbocycles. The zero-order chi connectivity index (χ0) is 18.5. The number of rotatable bonds is 4. The normalized spacial score (nSPS) is 14.9. The van der Waals surface area contributed by atoms with Crippen molar-refractivity contribution >= 4 is 58.6 Å². The van der Waals surface area contributed by atoms with E-state index in [0.717, 1.165) is 60.8 Å². The van der Waals surface area contributed by atoms with E-state index in [0.29, 0.717) is 0 Å². The fraction of sp³-hybridized carbons (Fsp3) is 0.474. The van der Waals surface area contributed by atoms with Gasteiger partial charge in [-0.3, -0.25) is 4.99 Å². The number of piperazine rings is 1. The largest absolute Gasteiger partial charge is 0.368 e. The van der Waals surface area contributed by atoms with E-state index in [1.807, 2.05) is 20.0 Å². The van der Waals surface area contributed by atoms with Gasteiger partial charge >= 0.3 is 0 Å². The second-order valence-electron chi connectivity index (χ2n) is 6.49. The van der Waals surface area contributed by atoms with Gasteiger partial charge in [-0.2, -0.15) is 0 Å². The van der Waals surface area contributed by atoms with Crippen LogP contribution in [-0.2, 0) is 6.42 Å². The Morgan fingerprint density at radius 2 is 2.00 bits per heavy atom. The van der Waals surface area contributed by atoms with Gasteiger partial charge in [-0.15, -0.1) is 35.3 Å². The number of aliphatic imine (C=N–C) groups is 1. The Morgan fingerprint density at radius 3 is 2.63 bits per heavy atom. The van der Waals surface area contributed by atoms with Gasteiger partial charge in [0.25, 0.3) is 0 Å². The lowest BCUT2D eigenvalue weighted by molar-refractivity contribution is 0.372. The van der Waals surface area contributed by atoms with Gasteiger partial charge in [0.05, 0.1) is 10.7 Å². The molecule has 148 valence electrons. The standard InChI is InChI=1S/C19H26ClN5S.HI/c1-14-4-5-16(20)12-18(14)24-8-10-25(11-9-24)19(21-3)22-7-6-17-13-26-15(2)23-17;/h4-5,12-13H,6-11H2,1-3H3,(H,21,22);1H. The number of aromatic nitrogens is 1. The molecule has 1 aliphatic heterocycles. The molecule has 0 atom stereocenters. The van der Waals surface area contributed by atoms with Crippen molar-refractivity contribution in [3.63, 3.8) is 0 Å². The summed E-state index contributed by atoms with van der Waals surface area (Å²) < 4.78 is 0. The third-order valence-electron chi connectivity index (χ3n) is 4.63. The third kappa shape index (κ3) is 5.96. The molecule has 0 spiro atoms. The van der Waals surface area contributed by atoms with Crippen molar-refractivity contribution in [1.82, 2.24) is 15.2 Å². The summed E-state index contributed by atoms with van der Waals surface area (Å²) in [5, 5.41) is 7.52. The number of hydrogen-bond acceptors (Lipinski definition) is 4. The molecular weight excluding hydrogens is 493 g/mol. The van der Waals surface area contributed by atoms with Gasteiger partial charge in [0.2, 0.25) is 0 Å². The van der Waals surface area contributed by atoms with Crippen LogP contribution in [0.4, 0.5) is 5.69 Å². The zero-order valence-electron chi connectivity index (χ0n) is 16.0. The van der Waals surface area contributed by atoms with Gasteiger partial charge in [0.1, 0.15) is 0 Å². The van der Waals surface area contributed by atoms with Crippen LogP contribution in [0, 0.1) is 13.8 Å². The van der Waals surface area contributed by atoms with Crippen molar-refractivity contribution in [2.24, 2.45) is 4.99 Å². The van der Waals surface area contributed by atoms with Crippen molar-refractivity contribution in [2.75, 3.05) is 44.7 Å². The average Bonchev–Trinajstić information content (AvgIpc) is 3.06. The predicted octanol–water partition coefficient (Wildman–Crippen LogP) is 3.97. The smallest absolute Gasteiger partial charge is 0.193 e. The van der Waals surface area contributed by atoms with Gasteiger partial charge in [0.15, 0.2) is 5.96 Å². The Morgan fingerprint density at radius 1 is 1.26 bits per heavy atom. The van der Waals surface area contributed by atoms with Gasteiger partial charge in [0, 0.05) is 62.3 Å². The average molecular weight is 520 g/mol. The van der Waals surface area contributed by atoms with E-state index in [1.54, 1.807) is 11.3 Å². The molecule has 1 N–H and O–H groups in total. The minimum atomic E-state index is 0. The second kappa shape index (κ2) is 10.5. The summed E-state index contributed by atoms with van der Waals surface area (Å²) in [5.74, 6) is 0.972. The molecule has 0 unspecified atom stereocenters. The Labute approximate surface area is 187 Å². The molecule has 1 fully saturated rings. The van der Waals surface area contributed by atoms with Gasteiger partial charge < -0.3 is 15.1 Å². The summed E-state index contributed by atoms with van der Waals surface area (Å²) in [4.78, 5) is 13.7. The maximum Gasteiger partial charge on any atom is 0.193 e. The molecule has 3 rings (SSSR count). The quantitative estimate of drug-likeness (QED) is 0.377. The number of hydrogen-bond donors (Lipinski definition) is 1. The third-order valence-corrected chi connectivity index (χ3v) is 5.69. The zero-order valence-corrected chi connectivity index (χ0v) is 19.9. The molecule has 1 aliphatic rings. The molecule has 27 heavy (non-hydrogen) atoms. The van der Waals surface area contributed by atoms with E-state index < -0.39 is 0 Å². The highest BCUT2D eigenvalue weighted by atomic mass is 127. The SMILES string of the molecule is CN=C(NCCc1csc(C)n1)N1CCN(c2cc(Cl)ccc2C)CC1.I. The Hall–Kier alpha value is -1.06. The summed E-state index contributed by atoms with van der Waals surface area (Å²) in [6.45, 7) is 8.85. The van der Waals surface area contributed by atoms with E-state index in [4.69, 9.17) is 11.6 Å². The van der Waals surface area contributed by atoms with E-state index in [2.05, 4.69) is 49.5 Å². The number of nitrogens with one attached hydrogen (secondary N) is 1. The van der Waals surface area contributed by atoms with Crippen LogP contribution in [0.15, 0.2) is 28.6 Å². The Kier molecular flexibility index (Phi) is 8.62.